The molecule has 0 unspecified atom stereocenters. The molecule has 0 aromatic carbocycles. The Labute approximate surface area is 107 Å². The van der Waals surface area contributed by atoms with Crippen molar-refractivity contribution < 1.29 is 9.90 Å². The zero-order chi connectivity index (χ0) is 13.5. The van der Waals surface area contributed by atoms with Crippen molar-refractivity contribution in [1.29, 1.82) is 0 Å². The third-order valence-corrected chi connectivity index (χ3v) is 2.50. The summed E-state index contributed by atoms with van der Waals surface area (Å²) < 4.78 is 0. The van der Waals surface area contributed by atoms with Gasteiger partial charge in [0.25, 0.3) is 0 Å². The Morgan fingerprint density at radius 2 is 2.00 bits per heavy atom. The average molecular weight is 252 g/mol. The van der Waals surface area contributed by atoms with Crippen LogP contribution in [0.2, 0.25) is 0 Å². The van der Waals surface area contributed by atoms with Crippen molar-refractivity contribution in [3.63, 3.8) is 0 Å². The first-order chi connectivity index (χ1) is 8.54. The van der Waals surface area contributed by atoms with Gasteiger partial charge in [-0.25, -0.2) is 9.97 Å². The molecule has 0 bridgehead atoms. The van der Waals surface area contributed by atoms with Gasteiger partial charge in [-0.15, -0.1) is 0 Å². The maximum atomic E-state index is 11.0. The molecule has 0 aliphatic rings. The molecule has 0 aliphatic carbocycles. The van der Waals surface area contributed by atoms with Gasteiger partial charge in [0.05, 0.1) is 0 Å². The van der Waals surface area contributed by atoms with E-state index in [9.17, 15) is 4.79 Å². The number of hydrogen-bond acceptors (Lipinski definition) is 5. The fraction of sp³-hybridized carbons (Fsp3) is 0.583. The minimum absolute atomic E-state index is 0.0319. The lowest BCUT2D eigenvalue weighted by Crippen LogP contribution is -2.40. The number of carbonyl (C=O) groups is 1. The van der Waals surface area contributed by atoms with Gasteiger partial charge in [-0.1, -0.05) is 13.8 Å². The van der Waals surface area contributed by atoms with Crippen LogP contribution in [0.1, 0.15) is 26.3 Å². The Balaban J connectivity index is 2.54. The molecule has 6 heteroatoms. The maximum Gasteiger partial charge on any atom is 0.320 e. The van der Waals surface area contributed by atoms with Gasteiger partial charge >= 0.3 is 5.97 Å². The van der Waals surface area contributed by atoms with Crippen LogP contribution in [-0.4, -0.2) is 33.6 Å². The number of nitrogens with zero attached hydrogens (tertiary/aromatic N) is 2. The van der Waals surface area contributed by atoms with Gasteiger partial charge in [0.2, 0.25) is 5.95 Å². The Morgan fingerprint density at radius 3 is 2.44 bits per heavy atom. The van der Waals surface area contributed by atoms with Crippen LogP contribution in [0.5, 0.6) is 0 Å². The maximum absolute atomic E-state index is 11.0. The number of aliphatic carboxylic acids is 1. The topological polar surface area (TPSA) is 87.1 Å². The molecule has 0 fully saturated rings. The Bertz CT molecular complexity index is 378. The van der Waals surface area contributed by atoms with Crippen molar-refractivity contribution in [2.45, 2.75) is 33.4 Å². The van der Waals surface area contributed by atoms with E-state index in [0.717, 1.165) is 12.1 Å². The van der Waals surface area contributed by atoms with E-state index in [1.54, 1.807) is 12.4 Å². The van der Waals surface area contributed by atoms with E-state index in [0.29, 0.717) is 12.5 Å². The van der Waals surface area contributed by atoms with Gasteiger partial charge in [0.1, 0.15) is 6.04 Å². The van der Waals surface area contributed by atoms with Gasteiger partial charge in [-0.2, -0.15) is 0 Å². The van der Waals surface area contributed by atoms with Crippen LogP contribution in [0.25, 0.3) is 0 Å². The van der Waals surface area contributed by atoms with E-state index in [1.165, 1.54) is 0 Å². The van der Waals surface area contributed by atoms with Crippen LogP contribution in [0.4, 0.5) is 5.95 Å². The molecule has 1 aromatic heterocycles. The molecule has 18 heavy (non-hydrogen) atoms. The van der Waals surface area contributed by atoms with E-state index in [2.05, 4.69) is 20.6 Å². The molecule has 0 radical (unpaired) electrons. The van der Waals surface area contributed by atoms with E-state index in [-0.39, 0.29) is 5.92 Å². The lowest BCUT2D eigenvalue weighted by molar-refractivity contribution is -0.140. The summed E-state index contributed by atoms with van der Waals surface area (Å²) in [6, 6.07) is -0.557. The molecule has 0 amide bonds. The van der Waals surface area contributed by atoms with Crippen molar-refractivity contribution in [2.24, 2.45) is 5.92 Å². The van der Waals surface area contributed by atoms with E-state index < -0.39 is 12.0 Å². The van der Waals surface area contributed by atoms with Crippen molar-refractivity contribution in [2.75, 3.05) is 11.9 Å². The van der Waals surface area contributed by atoms with E-state index in [1.807, 2.05) is 20.8 Å². The van der Waals surface area contributed by atoms with Crippen molar-refractivity contribution >= 4 is 11.9 Å². The first-order valence-corrected chi connectivity index (χ1v) is 6.05. The predicted octanol–water partition coefficient (Wildman–Crippen LogP) is 1.11. The number of rotatable bonds is 7. The molecule has 0 aliphatic heterocycles. The minimum atomic E-state index is -0.838. The molecule has 0 saturated heterocycles. The second-order valence-electron chi connectivity index (χ2n) is 4.39. The number of carboxylic acids is 1. The fourth-order valence-electron chi connectivity index (χ4n) is 1.53. The lowest BCUT2D eigenvalue weighted by atomic mass is 10.0. The smallest absolute Gasteiger partial charge is 0.320 e. The highest BCUT2D eigenvalue weighted by Gasteiger charge is 2.20. The van der Waals surface area contributed by atoms with Crippen LogP contribution in [0, 0.1) is 5.92 Å². The minimum Gasteiger partial charge on any atom is -0.480 e. The molecule has 1 rings (SSSR count). The molecule has 100 valence electrons. The van der Waals surface area contributed by atoms with Crippen LogP contribution in [0.15, 0.2) is 12.4 Å². The second-order valence-corrected chi connectivity index (χ2v) is 4.39. The number of anilines is 1. The summed E-state index contributed by atoms with van der Waals surface area (Å²) in [5, 5.41) is 15.0. The van der Waals surface area contributed by atoms with E-state index in [4.69, 9.17) is 5.11 Å². The molecule has 3 N–H and O–H groups in total. The van der Waals surface area contributed by atoms with Gasteiger partial charge in [0, 0.05) is 31.0 Å². The van der Waals surface area contributed by atoms with Gasteiger partial charge in [-0.3, -0.25) is 10.1 Å². The highest BCUT2D eigenvalue weighted by atomic mass is 16.4. The van der Waals surface area contributed by atoms with Gasteiger partial charge in [0.15, 0.2) is 0 Å². The largest absolute Gasteiger partial charge is 0.480 e. The molecule has 6 nitrogen and oxygen atoms in total. The molecule has 0 spiro atoms. The second kappa shape index (κ2) is 6.90. The zero-order valence-corrected chi connectivity index (χ0v) is 11.0. The normalized spacial score (nSPS) is 12.4. The Morgan fingerprint density at radius 1 is 1.39 bits per heavy atom. The number of hydrogen-bond donors (Lipinski definition) is 3. The van der Waals surface area contributed by atoms with Gasteiger partial charge < -0.3 is 10.4 Å². The molecule has 0 saturated carbocycles. The van der Waals surface area contributed by atoms with Crippen molar-refractivity contribution in [3.8, 4) is 0 Å². The summed E-state index contributed by atoms with van der Waals surface area (Å²) in [4.78, 5) is 19.3. The summed E-state index contributed by atoms with van der Waals surface area (Å²) in [6.45, 7) is 6.93. The fourth-order valence-corrected chi connectivity index (χ4v) is 1.53. The summed E-state index contributed by atoms with van der Waals surface area (Å²) >= 11 is 0. The number of nitrogens with one attached hydrogen (secondary N) is 2. The van der Waals surface area contributed by atoms with Crippen LogP contribution < -0.4 is 10.6 Å². The quantitative estimate of drug-likeness (QED) is 0.674. The van der Waals surface area contributed by atoms with Crippen LogP contribution >= 0.6 is 0 Å². The number of carboxylic acid groups (broad SMARTS) is 1. The van der Waals surface area contributed by atoms with Gasteiger partial charge in [-0.05, 0) is 12.8 Å². The summed E-state index contributed by atoms with van der Waals surface area (Å²) in [6.07, 6.45) is 3.38. The first kappa shape index (κ1) is 14.4. The molecular weight excluding hydrogens is 232 g/mol. The zero-order valence-electron chi connectivity index (χ0n) is 11.0. The monoisotopic (exact) mass is 252 g/mol. The van der Waals surface area contributed by atoms with Crippen LogP contribution in [-0.2, 0) is 11.3 Å². The standard InChI is InChI=1S/C12H20N4O2/c1-4-13-12-15-6-9(7-16-12)5-14-10(8(2)3)11(17)18/h6-8,10,14H,4-5H2,1-3H3,(H,17,18)(H,13,15,16)/t10-/m0/s1. The third-order valence-electron chi connectivity index (χ3n) is 2.50. The predicted molar refractivity (Wildman–Crippen MR) is 69.3 cm³/mol. The number of aromatic nitrogens is 2. The van der Waals surface area contributed by atoms with Crippen molar-refractivity contribution in [3.05, 3.63) is 18.0 Å². The first-order valence-electron chi connectivity index (χ1n) is 6.05. The average Bonchev–Trinajstić information content (AvgIpc) is 2.31. The Hall–Kier alpha value is -1.69. The molecule has 1 atom stereocenters. The molecule has 1 aromatic rings. The summed E-state index contributed by atoms with van der Waals surface area (Å²) in [7, 11) is 0. The molecule has 1 heterocycles. The van der Waals surface area contributed by atoms with Crippen molar-refractivity contribution in [1.82, 2.24) is 15.3 Å². The molecular formula is C12H20N4O2. The highest BCUT2D eigenvalue weighted by molar-refractivity contribution is 5.73. The van der Waals surface area contributed by atoms with Crippen LogP contribution in [0.3, 0.4) is 0 Å². The lowest BCUT2D eigenvalue weighted by Gasteiger charge is -2.17. The third kappa shape index (κ3) is 4.29. The highest BCUT2D eigenvalue weighted by Crippen LogP contribution is 2.05. The SMILES string of the molecule is CCNc1ncc(CN[C@H](C(=O)O)C(C)C)cn1. The summed E-state index contributed by atoms with van der Waals surface area (Å²) in [5.74, 6) is -0.223. The van der Waals surface area contributed by atoms with E-state index >= 15 is 0 Å². The Kier molecular flexibility index (Phi) is 5.51. The summed E-state index contributed by atoms with van der Waals surface area (Å²) in [5.41, 5.74) is 0.864.